The number of rotatable bonds is 7. The predicted molar refractivity (Wildman–Crippen MR) is 114 cm³/mol. The topological polar surface area (TPSA) is 58.5 Å². The van der Waals surface area contributed by atoms with E-state index in [2.05, 4.69) is 20.6 Å². The molecule has 0 aliphatic rings. The molecule has 2 aromatic rings. The second-order valence-corrected chi connectivity index (χ2v) is 5.61. The number of nitrogens with one attached hydrogen (secondary N) is 2. The average Bonchev–Trinajstić information content (AvgIpc) is 2.60. The normalized spacial score (nSPS) is 10.8. The van der Waals surface area contributed by atoms with Crippen LogP contribution in [0.4, 0.5) is 4.39 Å². The van der Waals surface area contributed by atoms with Crippen LogP contribution in [0, 0.1) is 12.7 Å². The molecule has 0 amide bonds. The summed E-state index contributed by atoms with van der Waals surface area (Å²) in [6.07, 6.45) is 2.53. The molecule has 0 radical (unpaired) electrons. The Bertz CT molecular complexity index is 724. The summed E-state index contributed by atoms with van der Waals surface area (Å²) in [6, 6.07) is 8.72. The Morgan fingerprint density at radius 1 is 1.23 bits per heavy atom. The number of nitrogens with zero attached hydrogens (tertiary/aromatic N) is 2. The monoisotopic (exact) mass is 472 g/mol. The molecular formula is C19H26FIN4O. The highest BCUT2D eigenvalue weighted by molar-refractivity contribution is 14.0. The van der Waals surface area contributed by atoms with Crippen molar-refractivity contribution in [2.45, 2.75) is 26.8 Å². The number of benzene rings is 1. The first-order valence-electron chi connectivity index (χ1n) is 8.39. The first kappa shape index (κ1) is 22.1. The number of hydrogen-bond donors (Lipinski definition) is 2. The fourth-order valence-corrected chi connectivity index (χ4v) is 2.45. The molecule has 5 nitrogen and oxygen atoms in total. The second-order valence-electron chi connectivity index (χ2n) is 5.61. The first-order valence-corrected chi connectivity index (χ1v) is 8.39. The maximum atomic E-state index is 13.1. The Hall–Kier alpha value is -1.90. The molecule has 0 saturated carbocycles. The summed E-state index contributed by atoms with van der Waals surface area (Å²) in [5, 5.41) is 6.53. The molecule has 0 bridgehead atoms. The van der Waals surface area contributed by atoms with Gasteiger partial charge in [-0.2, -0.15) is 0 Å². The minimum atomic E-state index is -0.199. The van der Waals surface area contributed by atoms with Crippen molar-refractivity contribution >= 4 is 29.9 Å². The van der Waals surface area contributed by atoms with Gasteiger partial charge < -0.3 is 15.4 Å². The molecule has 0 aliphatic carbocycles. The van der Waals surface area contributed by atoms with E-state index in [1.165, 1.54) is 6.07 Å². The lowest BCUT2D eigenvalue weighted by molar-refractivity contribution is 0.326. The molecule has 0 aliphatic heterocycles. The summed E-state index contributed by atoms with van der Waals surface area (Å²) in [7, 11) is 1.73. The molecule has 1 heterocycles. The van der Waals surface area contributed by atoms with Crippen LogP contribution in [0.1, 0.15) is 23.6 Å². The van der Waals surface area contributed by atoms with Gasteiger partial charge in [-0.3, -0.25) is 4.99 Å². The van der Waals surface area contributed by atoms with E-state index in [9.17, 15) is 4.39 Å². The van der Waals surface area contributed by atoms with Gasteiger partial charge in [0, 0.05) is 32.4 Å². The Labute approximate surface area is 171 Å². The molecule has 1 aromatic carbocycles. The zero-order chi connectivity index (χ0) is 18.1. The van der Waals surface area contributed by atoms with Crippen LogP contribution in [0.15, 0.2) is 41.5 Å². The predicted octanol–water partition coefficient (Wildman–Crippen LogP) is 3.45. The van der Waals surface area contributed by atoms with Crippen LogP contribution >= 0.6 is 24.0 Å². The fourth-order valence-electron chi connectivity index (χ4n) is 2.45. The van der Waals surface area contributed by atoms with E-state index in [1.54, 1.807) is 19.3 Å². The molecule has 0 atom stereocenters. The van der Waals surface area contributed by atoms with Gasteiger partial charge in [0.15, 0.2) is 5.96 Å². The average molecular weight is 472 g/mol. The van der Waals surface area contributed by atoms with E-state index in [0.29, 0.717) is 25.6 Å². The van der Waals surface area contributed by atoms with Crippen molar-refractivity contribution in [2.24, 2.45) is 4.99 Å². The van der Waals surface area contributed by atoms with Gasteiger partial charge in [-0.25, -0.2) is 9.37 Å². The summed E-state index contributed by atoms with van der Waals surface area (Å²) in [5.41, 5.74) is 3.15. The van der Waals surface area contributed by atoms with Crippen LogP contribution in [-0.2, 0) is 13.0 Å². The SMILES string of the molecule is CCOc1cc(CNC(=NC)NCCc2ccc(F)cc2C)ccn1.I. The molecule has 0 saturated heterocycles. The van der Waals surface area contributed by atoms with Crippen molar-refractivity contribution in [1.29, 1.82) is 0 Å². The zero-order valence-electron chi connectivity index (χ0n) is 15.4. The molecule has 1 aromatic heterocycles. The smallest absolute Gasteiger partial charge is 0.213 e. The number of aromatic nitrogens is 1. The highest BCUT2D eigenvalue weighted by atomic mass is 127. The standard InChI is InChI=1S/C19H25FN4O.HI/c1-4-25-18-12-15(7-9-22-18)13-24-19(21-3)23-10-8-16-5-6-17(20)11-14(16)2;/h5-7,9,11-12H,4,8,10,13H2,1-3H3,(H2,21,23,24);1H. The lowest BCUT2D eigenvalue weighted by Crippen LogP contribution is -2.37. The van der Waals surface area contributed by atoms with Crippen LogP contribution in [0.5, 0.6) is 5.88 Å². The third-order valence-corrected chi connectivity index (χ3v) is 3.77. The van der Waals surface area contributed by atoms with E-state index in [4.69, 9.17) is 4.74 Å². The quantitative estimate of drug-likeness (QED) is 0.368. The molecule has 2 N–H and O–H groups in total. The third-order valence-electron chi connectivity index (χ3n) is 3.77. The summed E-state index contributed by atoms with van der Waals surface area (Å²) < 4.78 is 18.5. The number of hydrogen-bond acceptors (Lipinski definition) is 3. The largest absolute Gasteiger partial charge is 0.478 e. The van der Waals surface area contributed by atoms with Gasteiger partial charge in [-0.05, 0) is 55.2 Å². The third kappa shape index (κ3) is 7.15. The van der Waals surface area contributed by atoms with Crippen molar-refractivity contribution in [3.05, 3.63) is 59.0 Å². The van der Waals surface area contributed by atoms with Gasteiger partial charge in [0.05, 0.1) is 6.61 Å². The molecule has 142 valence electrons. The number of halogens is 2. The van der Waals surface area contributed by atoms with Gasteiger partial charge in [0.2, 0.25) is 5.88 Å². The lowest BCUT2D eigenvalue weighted by atomic mass is 10.1. The van der Waals surface area contributed by atoms with Crippen molar-refractivity contribution in [1.82, 2.24) is 15.6 Å². The highest BCUT2D eigenvalue weighted by Gasteiger charge is 2.03. The lowest BCUT2D eigenvalue weighted by Gasteiger charge is -2.13. The van der Waals surface area contributed by atoms with Crippen molar-refractivity contribution in [3.8, 4) is 5.88 Å². The molecule has 0 spiro atoms. The van der Waals surface area contributed by atoms with Crippen LogP contribution in [0.3, 0.4) is 0 Å². The van der Waals surface area contributed by atoms with Crippen LogP contribution in [0.2, 0.25) is 0 Å². The Morgan fingerprint density at radius 2 is 2.04 bits per heavy atom. The zero-order valence-corrected chi connectivity index (χ0v) is 17.7. The van der Waals surface area contributed by atoms with E-state index in [0.717, 1.165) is 29.1 Å². The van der Waals surface area contributed by atoms with E-state index < -0.39 is 0 Å². The van der Waals surface area contributed by atoms with Crippen molar-refractivity contribution < 1.29 is 9.13 Å². The summed E-state index contributed by atoms with van der Waals surface area (Å²) >= 11 is 0. The van der Waals surface area contributed by atoms with Gasteiger partial charge in [0.1, 0.15) is 5.82 Å². The second kappa shape index (κ2) is 11.7. The van der Waals surface area contributed by atoms with Gasteiger partial charge >= 0.3 is 0 Å². The number of guanidine groups is 1. The minimum Gasteiger partial charge on any atom is -0.478 e. The van der Waals surface area contributed by atoms with Crippen LogP contribution in [0.25, 0.3) is 0 Å². The Morgan fingerprint density at radius 3 is 2.73 bits per heavy atom. The highest BCUT2D eigenvalue weighted by Crippen LogP contribution is 2.10. The summed E-state index contributed by atoms with van der Waals surface area (Å²) in [4.78, 5) is 8.37. The van der Waals surface area contributed by atoms with Gasteiger partial charge in [-0.15, -0.1) is 24.0 Å². The maximum absolute atomic E-state index is 13.1. The Kier molecular flexibility index (Phi) is 9.93. The van der Waals surface area contributed by atoms with E-state index >= 15 is 0 Å². The molecular weight excluding hydrogens is 446 g/mol. The van der Waals surface area contributed by atoms with E-state index in [1.807, 2.05) is 32.0 Å². The maximum Gasteiger partial charge on any atom is 0.213 e. The van der Waals surface area contributed by atoms with Gasteiger partial charge in [-0.1, -0.05) is 6.07 Å². The minimum absolute atomic E-state index is 0. The van der Waals surface area contributed by atoms with E-state index in [-0.39, 0.29) is 29.8 Å². The molecule has 26 heavy (non-hydrogen) atoms. The number of aryl methyl sites for hydroxylation is 1. The van der Waals surface area contributed by atoms with Crippen molar-refractivity contribution in [3.63, 3.8) is 0 Å². The molecule has 0 unspecified atom stereocenters. The summed E-state index contributed by atoms with van der Waals surface area (Å²) in [5.74, 6) is 1.14. The number of ether oxygens (including phenoxy) is 1. The Balaban J connectivity index is 0.00000338. The molecule has 7 heteroatoms. The number of pyridine rings is 1. The first-order chi connectivity index (χ1) is 12.1. The molecule has 0 fully saturated rings. The van der Waals surface area contributed by atoms with Gasteiger partial charge in [0.25, 0.3) is 0 Å². The number of aliphatic imine (C=N–C) groups is 1. The summed E-state index contributed by atoms with van der Waals surface area (Å²) in [6.45, 7) is 5.78. The fraction of sp³-hybridized carbons (Fsp3) is 0.368. The molecule has 2 rings (SSSR count). The van der Waals surface area contributed by atoms with Crippen molar-refractivity contribution in [2.75, 3.05) is 20.2 Å². The van der Waals surface area contributed by atoms with Crippen LogP contribution in [-0.4, -0.2) is 31.1 Å². The van der Waals surface area contributed by atoms with Crippen LogP contribution < -0.4 is 15.4 Å².